The van der Waals surface area contributed by atoms with Gasteiger partial charge in [0.25, 0.3) is 0 Å². The minimum atomic E-state index is 0. The normalized spacial score (nSPS) is 1.60. The largest absolute Gasteiger partial charge is 1.00 e. The third kappa shape index (κ3) is 20.7. The first-order valence-electron chi connectivity index (χ1n) is 0.400. The van der Waals surface area contributed by atoms with Crippen LogP contribution < -0.4 is 103 Å². The molecule has 0 saturated carbocycles. The maximum atomic E-state index is 6.75. The molecule has 0 bridgehead atoms. The molecule has 5 heavy (non-hydrogen) atoms. The summed E-state index contributed by atoms with van der Waals surface area (Å²) < 4.78 is 0. The van der Waals surface area contributed by atoms with Crippen molar-refractivity contribution in [3.05, 3.63) is 16.0 Å². The summed E-state index contributed by atoms with van der Waals surface area (Å²) in [6.07, 6.45) is 0. The molecule has 0 radical (unpaired) electrons. The smallest absolute Gasteiger partial charge is 1.00 e. The van der Waals surface area contributed by atoms with Crippen LogP contribution >= 0.6 is 0 Å². The van der Waals surface area contributed by atoms with Crippen LogP contribution in [0.1, 0.15) is 1.43 Å². The maximum Gasteiger partial charge on any atom is 1.00 e. The average Bonchev–Trinajstić information content (AvgIpc) is 0.918. The zero-order chi connectivity index (χ0) is 2.71. The van der Waals surface area contributed by atoms with Crippen LogP contribution in [0.4, 0.5) is 0 Å². The topological polar surface area (TPSA) is 58.7 Å². The van der Waals surface area contributed by atoms with Crippen molar-refractivity contribution >= 4 is 0 Å². The molecular weight excluding hydrogens is 120 g/mol. The molecule has 0 rings (SSSR count). The molecule has 0 atom stereocenters. The Labute approximate surface area is 117 Å². The first-order chi connectivity index (χ1) is 1.41. The number of nitrogens with zero attached hydrogens (tertiary/aromatic N) is 3. The van der Waals surface area contributed by atoms with E-state index in [1.165, 1.54) is 4.91 Å². The molecule has 0 aliphatic rings. The van der Waals surface area contributed by atoms with E-state index in [0.29, 0.717) is 0 Å². The molecule has 0 saturated heterocycles. The van der Waals surface area contributed by atoms with Gasteiger partial charge in [-0.2, -0.15) is 0 Å². The van der Waals surface area contributed by atoms with Crippen molar-refractivity contribution in [1.82, 2.24) is 0 Å². The minimum absolute atomic E-state index is 0. The summed E-state index contributed by atoms with van der Waals surface area (Å²) in [6.45, 7) is 0. The zero-order valence-corrected chi connectivity index (χ0v) is 9.59. The van der Waals surface area contributed by atoms with E-state index in [0.717, 1.165) is 0 Å². The molecule has 0 heterocycles. The fourth-order valence-electron chi connectivity index (χ4n) is 0. The minimum Gasteiger partial charge on any atom is -1.00 e. The summed E-state index contributed by atoms with van der Waals surface area (Å²) in [6, 6.07) is 0. The number of hydrogen-bond donors (Lipinski definition) is 0. The Morgan fingerprint density at radius 3 is 1.20 bits per heavy atom. The quantitative estimate of drug-likeness (QED) is 0.133. The third-order valence-electron chi connectivity index (χ3n) is 0. The molecule has 18 valence electrons. The van der Waals surface area contributed by atoms with Gasteiger partial charge < -0.3 is 12.5 Å². The van der Waals surface area contributed by atoms with Crippen molar-refractivity contribution in [2.24, 2.45) is 0 Å². The molecule has 0 amide bonds. The first-order valence-corrected chi connectivity index (χ1v) is 0.400. The SMILES string of the molecule is [H-].[K+].[K+].[N-]=[N+]=[N-]. The van der Waals surface area contributed by atoms with Crippen LogP contribution in [0.15, 0.2) is 0 Å². The van der Waals surface area contributed by atoms with Crippen molar-refractivity contribution < 1.29 is 104 Å². The van der Waals surface area contributed by atoms with Crippen molar-refractivity contribution in [2.45, 2.75) is 0 Å². The average molecular weight is 121 g/mol. The van der Waals surface area contributed by atoms with Crippen LogP contribution in [0, 0.1) is 0 Å². The van der Waals surface area contributed by atoms with Gasteiger partial charge in [-0.15, -0.1) is 0 Å². The van der Waals surface area contributed by atoms with Crippen molar-refractivity contribution in [3.63, 3.8) is 0 Å². The third-order valence-corrected chi connectivity index (χ3v) is 0. The second-order valence-corrected chi connectivity index (χ2v) is 0.0894. The fraction of sp³-hybridized carbons (Fsp3) is 0. The van der Waals surface area contributed by atoms with Crippen molar-refractivity contribution in [2.75, 3.05) is 0 Å². The molecule has 0 unspecified atom stereocenters. The van der Waals surface area contributed by atoms with Gasteiger partial charge in [-0.25, -0.2) is 0 Å². The van der Waals surface area contributed by atoms with Crippen LogP contribution in [0.25, 0.3) is 16.0 Å². The van der Waals surface area contributed by atoms with Gasteiger partial charge in [-0.05, 0) is 0 Å². The molecule has 0 spiro atoms. The fourth-order valence-corrected chi connectivity index (χ4v) is 0. The monoisotopic (exact) mass is 121 g/mol. The summed E-state index contributed by atoms with van der Waals surface area (Å²) in [7, 11) is 0. The van der Waals surface area contributed by atoms with Gasteiger partial charge in [0.1, 0.15) is 0 Å². The predicted octanol–water partition coefficient (Wildman–Crippen LogP) is -5.01. The van der Waals surface area contributed by atoms with Crippen LogP contribution in [-0.2, 0) is 0 Å². The first kappa shape index (κ1) is 15.6. The Morgan fingerprint density at radius 1 is 1.20 bits per heavy atom. The molecule has 5 heteroatoms. The van der Waals surface area contributed by atoms with Gasteiger partial charge in [0, 0.05) is 0 Å². The van der Waals surface area contributed by atoms with Crippen molar-refractivity contribution in [1.29, 1.82) is 0 Å². The van der Waals surface area contributed by atoms with E-state index in [1.807, 2.05) is 0 Å². The summed E-state index contributed by atoms with van der Waals surface area (Å²) in [5.41, 5.74) is 13.5. The number of hydrogen-bond acceptors (Lipinski definition) is 0. The standard InChI is InChI=1S/2K.N3.H/c;;1-3-2;/q2*+1;2*-1. The van der Waals surface area contributed by atoms with E-state index in [-0.39, 0.29) is 104 Å². The molecule has 0 aromatic carbocycles. The summed E-state index contributed by atoms with van der Waals surface area (Å²) in [4.78, 5) is 1.50. The molecule has 0 aliphatic carbocycles. The maximum absolute atomic E-state index is 6.75. The molecular formula is HK2N3. The van der Waals surface area contributed by atoms with E-state index in [9.17, 15) is 0 Å². The van der Waals surface area contributed by atoms with Crippen LogP contribution in [0.3, 0.4) is 0 Å². The Kier molecular flexibility index (Phi) is 50.0. The van der Waals surface area contributed by atoms with E-state index in [1.54, 1.807) is 0 Å². The van der Waals surface area contributed by atoms with E-state index in [2.05, 4.69) is 0 Å². The Morgan fingerprint density at radius 2 is 1.20 bits per heavy atom. The van der Waals surface area contributed by atoms with Gasteiger partial charge in [0.15, 0.2) is 0 Å². The van der Waals surface area contributed by atoms with Gasteiger partial charge in [-0.1, -0.05) is 0 Å². The van der Waals surface area contributed by atoms with E-state index < -0.39 is 0 Å². The van der Waals surface area contributed by atoms with Crippen LogP contribution in [0.5, 0.6) is 0 Å². The van der Waals surface area contributed by atoms with Gasteiger partial charge >= 0.3 is 103 Å². The summed E-state index contributed by atoms with van der Waals surface area (Å²) >= 11 is 0. The van der Waals surface area contributed by atoms with E-state index >= 15 is 0 Å². The Balaban J connectivity index is -0.00000000667. The van der Waals surface area contributed by atoms with Gasteiger partial charge in [0.05, 0.1) is 0 Å². The zero-order valence-electron chi connectivity index (χ0n) is 4.34. The number of rotatable bonds is 0. The molecule has 0 aromatic heterocycles. The molecule has 3 nitrogen and oxygen atoms in total. The van der Waals surface area contributed by atoms with Gasteiger partial charge in [0.2, 0.25) is 0 Å². The predicted molar refractivity (Wildman–Crippen MR) is 11.2 cm³/mol. The molecule has 0 aromatic rings. The molecule has 0 N–H and O–H groups in total. The summed E-state index contributed by atoms with van der Waals surface area (Å²) in [5.74, 6) is 0. The Hall–Kier alpha value is 2.58. The van der Waals surface area contributed by atoms with Crippen molar-refractivity contribution in [3.8, 4) is 0 Å². The Bertz CT molecular complexity index is 29.8. The second-order valence-electron chi connectivity index (χ2n) is 0.0894. The molecule has 0 fully saturated rings. The molecule has 0 aliphatic heterocycles. The van der Waals surface area contributed by atoms with Gasteiger partial charge in [-0.3, -0.25) is 4.91 Å². The van der Waals surface area contributed by atoms with E-state index in [4.69, 9.17) is 11.1 Å². The summed E-state index contributed by atoms with van der Waals surface area (Å²) in [5, 5.41) is 0. The second kappa shape index (κ2) is 16.0. The van der Waals surface area contributed by atoms with Crippen LogP contribution in [-0.4, -0.2) is 0 Å². The van der Waals surface area contributed by atoms with Crippen LogP contribution in [0.2, 0.25) is 0 Å².